The van der Waals surface area contributed by atoms with Crippen LogP contribution in [0.4, 0.5) is 18.0 Å². The first-order valence-corrected chi connectivity index (χ1v) is 10.6. The fourth-order valence-corrected chi connectivity index (χ4v) is 3.84. The molecule has 8 heteroatoms. The molecule has 170 valence electrons. The lowest BCUT2D eigenvalue weighted by Gasteiger charge is -2.33. The maximum absolute atomic E-state index is 12.8. The van der Waals surface area contributed by atoms with Crippen molar-refractivity contribution in [2.75, 3.05) is 13.1 Å². The van der Waals surface area contributed by atoms with E-state index < -0.39 is 17.3 Å². The second-order valence-electron chi connectivity index (χ2n) is 9.06. The van der Waals surface area contributed by atoms with Gasteiger partial charge in [-0.1, -0.05) is 6.07 Å². The first-order chi connectivity index (χ1) is 15.0. The van der Waals surface area contributed by atoms with Gasteiger partial charge in [0.05, 0.1) is 5.56 Å². The Morgan fingerprint density at radius 2 is 1.72 bits per heavy atom. The van der Waals surface area contributed by atoms with Crippen LogP contribution in [0.25, 0.3) is 22.6 Å². The van der Waals surface area contributed by atoms with Gasteiger partial charge in [0.15, 0.2) is 5.58 Å². The molecule has 0 unspecified atom stereocenters. The number of fused-ring (bicyclic) bond motifs is 1. The molecule has 0 bridgehead atoms. The van der Waals surface area contributed by atoms with Crippen LogP contribution in [-0.2, 0) is 10.9 Å². The molecule has 0 aliphatic carbocycles. The predicted molar refractivity (Wildman–Crippen MR) is 114 cm³/mol. The van der Waals surface area contributed by atoms with Crippen molar-refractivity contribution >= 4 is 17.2 Å². The van der Waals surface area contributed by atoms with Gasteiger partial charge in [-0.15, -0.1) is 0 Å². The maximum Gasteiger partial charge on any atom is 0.416 e. The fraction of sp³-hybridized carbons (Fsp3) is 0.417. The van der Waals surface area contributed by atoms with Gasteiger partial charge in [-0.25, -0.2) is 9.78 Å². The molecular formula is C24H25F3N2O3. The van der Waals surface area contributed by atoms with Crippen LogP contribution in [0.1, 0.15) is 50.7 Å². The quantitative estimate of drug-likeness (QED) is 0.443. The average molecular weight is 446 g/mol. The van der Waals surface area contributed by atoms with Gasteiger partial charge in [-0.3, -0.25) is 0 Å². The molecule has 5 nitrogen and oxygen atoms in total. The third-order valence-corrected chi connectivity index (χ3v) is 5.49. The number of hydrogen-bond donors (Lipinski definition) is 0. The summed E-state index contributed by atoms with van der Waals surface area (Å²) >= 11 is 0. The third kappa shape index (κ3) is 4.89. The number of carbonyl (C=O) groups is 1. The molecule has 4 rings (SSSR count). The molecule has 1 aromatic heterocycles. The van der Waals surface area contributed by atoms with Crippen molar-refractivity contribution in [1.29, 1.82) is 0 Å². The number of carbonyl (C=O) groups excluding carboxylic acids is 1. The zero-order valence-electron chi connectivity index (χ0n) is 18.2. The third-order valence-electron chi connectivity index (χ3n) is 5.49. The van der Waals surface area contributed by atoms with Crippen molar-refractivity contribution in [3.63, 3.8) is 0 Å². The fourth-order valence-electron chi connectivity index (χ4n) is 3.84. The van der Waals surface area contributed by atoms with Crippen LogP contribution in [0.5, 0.6) is 0 Å². The Balaban J connectivity index is 1.46. The second-order valence-corrected chi connectivity index (χ2v) is 9.06. The number of halogens is 3. The van der Waals surface area contributed by atoms with E-state index in [-0.39, 0.29) is 17.9 Å². The van der Waals surface area contributed by atoms with E-state index in [1.54, 1.807) is 4.90 Å². The summed E-state index contributed by atoms with van der Waals surface area (Å²) in [6.45, 7) is 6.78. The summed E-state index contributed by atoms with van der Waals surface area (Å²) in [6.07, 6.45) is -3.05. The molecule has 0 radical (unpaired) electrons. The van der Waals surface area contributed by atoms with Gasteiger partial charge in [0, 0.05) is 18.7 Å². The van der Waals surface area contributed by atoms with Gasteiger partial charge in [0.25, 0.3) is 0 Å². The summed E-state index contributed by atoms with van der Waals surface area (Å²) in [6, 6.07) is 10.6. The number of benzene rings is 2. The molecule has 1 aliphatic heterocycles. The van der Waals surface area contributed by atoms with E-state index >= 15 is 0 Å². The molecule has 0 atom stereocenters. The van der Waals surface area contributed by atoms with Crippen molar-refractivity contribution < 1.29 is 27.1 Å². The Kier molecular flexibility index (Phi) is 5.65. The van der Waals surface area contributed by atoms with Crippen LogP contribution in [-0.4, -0.2) is 34.7 Å². The zero-order valence-corrected chi connectivity index (χ0v) is 18.2. The summed E-state index contributed by atoms with van der Waals surface area (Å²) in [7, 11) is 0. The number of rotatable bonds is 2. The highest BCUT2D eigenvalue weighted by molar-refractivity contribution is 5.77. The molecule has 2 aromatic carbocycles. The molecule has 2 heterocycles. The standard InChI is InChI=1S/C24H25F3N2O3/c1-23(2,3)32-22(30)29-12-10-15(11-13-29)17-6-9-19-20(14-17)31-21(28-19)16-4-7-18(8-5-16)24(25,26)27/h4-9,14-15H,10-13H2,1-3H3. The topological polar surface area (TPSA) is 55.6 Å². The SMILES string of the molecule is CC(C)(C)OC(=O)N1CCC(c2ccc3nc(-c4ccc(C(F)(F)F)cc4)oc3c2)CC1. The maximum atomic E-state index is 12.8. The summed E-state index contributed by atoms with van der Waals surface area (Å²) in [4.78, 5) is 18.4. The van der Waals surface area contributed by atoms with Gasteiger partial charge in [0.2, 0.25) is 5.89 Å². The molecule has 1 aliphatic rings. The number of hydrogen-bond acceptors (Lipinski definition) is 4. The van der Waals surface area contributed by atoms with Crippen molar-refractivity contribution in [3.8, 4) is 11.5 Å². The number of alkyl halides is 3. The summed E-state index contributed by atoms with van der Waals surface area (Å²) in [5, 5.41) is 0. The highest BCUT2D eigenvalue weighted by Crippen LogP contribution is 2.34. The molecule has 1 amide bonds. The number of ether oxygens (including phenoxy) is 1. The number of aromatic nitrogens is 1. The van der Waals surface area contributed by atoms with Gasteiger partial charge >= 0.3 is 12.3 Å². The van der Waals surface area contributed by atoms with E-state index in [4.69, 9.17) is 9.15 Å². The number of oxazole rings is 1. The minimum absolute atomic E-state index is 0.276. The van der Waals surface area contributed by atoms with Gasteiger partial charge in [-0.2, -0.15) is 13.2 Å². The van der Waals surface area contributed by atoms with E-state index in [9.17, 15) is 18.0 Å². The smallest absolute Gasteiger partial charge is 0.416 e. The molecule has 1 fully saturated rings. The Bertz CT molecular complexity index is 1110. The number of likely N-dealkylation sites (tertiary alicyclic amines) is 1. The van der Waals surface area contributed by atoms with Crippen molar-refractivity contribution in [3.05, 3.63) is 53.6 Å². The largest absolute Gasteiger partial charge is 0.444 e. The van der Waals surface area contributed by atoms with Gasteiger partial charge in [-0.05, 0) is 81.5 Å². The number of amides is 1. The first-order valence-electron chi connectivity index (χ1n) is 10.6. The Morgan fingerprint density at radius 1 is 1.06 bits per heavy atom. The molecule has 1 saturated heterocycles. The van der Waals surface area contributed by atoms with Crippen molar-refractivity contribution in [2.24, 2.45) is 0 Å². The van der Waals surface area contributed by atoms with E-state index in [0.717, 1.165) is 30.5 Å². The second kappa shape index (κ2) is 8.15. The minimum Gasteiger partial charge on any atom is -0.444 e. The first kappa shape index (κ1) is 22.2. The van der Waals surface area contributed by atoms with Crippen LogP contribution in [0, 0.1) is 0 Å². The molecule has 0 N–H and O–H groups in total. The molecular weight excluding hydrogens is 421 g/mol. The number of piperidine rings is 1. The summed E-state index contributed by atoms with van der Waals surface area (Å²) in [5.41, 5.74) is 1.59. The summed E-state index contributed by atoms with van der Waals surface area (Å²) < 4.78 is 49.6. The monoisotopic (exact) mass is 446 g/mol. The Labute approximate surface area is 184 Å². The van der Waals surface area contributed by atoms with Crippen LogP contribution in [0.15, 0.2) is 46.9 Å². The molecule has 0 saturated carbocycles. The zero-order chi connectivity index (χ0) is 23.1. The van der Waals surface area contributed by atoms with Crippen molar-refractivity contribution in [1.82, 2.24) is 9.88 Å². The molecule has 3 aromatic rings. The lowest BCUT2D eigenvalue weighted by atomic mass is 9.89. The predicted octanol–water partition coefficient (Wildman–Crippen LogP) is 6.63. The van der Waals surface area contributed by atoms with Gasteiger partial charge < -0.3 is 14.1 Å². The molecule has 0 spiro atoms. The van der Waals surface area contributed by atoms with Crippen LogP contribution >= 0.6 is 0 Å². The number of nitrogens with zero attached hydrogens (tertiary/aromatic N) is 2. The summed E-state index contributed by atoms with van der Waals surface area (Å²) in [5.74, 6) is 0.559. The Hall–Kier alpha value is -3.03. The minimum atomic E-state index is -4.38. The van der Waals surface area contributed by atoms with Crippen LogP contribution in [0.2, 0.25) is 0 Å². The Morgan fingerprint density at radius 3 is 2.31 bits per heavy atom. The lowest BCUT2D eigenvalue weighted by molar-refractivity contribution is -0.137. The van der Waals surface area contributed by atoms with Crippen molar-refractivity contribution in [2.45, 2.75) is 51.3 Å². The van der Waals surface area contributed by atoms with Gasteiger partial charge in [0.1, 0.15) is 11.1 Å². The highest BCUT2D eigenvalue weighted by Gasteiger charge is 2.30. The van der Waals surface area contributed by atoms with Crippen LogP contribution < -0.4 is 0 Å². The lowest BCUT2D eigenvalue weighted by Crippen LogP contribution is -2.41. The van der Waals surface area contributed by atoms with E-state index in [0.29, 0.717) is 29.8 Å². The van der Waals surface area contributed by atoms with E-state index in [2.05, 4.69) is 4.98 Å². The van der Waals surface area contributed by atoms with E-state index in [1.807, 2.05) is 39.0 Å². The molecule has 32 heavy (non-hydrogen) atoms. The van der Waals surface area contributed by atoms with E-state index in [1.165, 1.54) is 12.1 Å². The highest BCUT2D eigenvalue weighted by atomic mass is 19.4. The average Bonchev–Trinajstić information content (AvgIpc) is 3.15. The normalized spacial score (nSPS) is 15.9. The van der Waals surface area contributed by atoms with Crippen LogP contribution in [0.3, 0.4) is 0 Å².